The molecule has 148 valence electrons. The van der Waals surface area contributed by atoms with Gasteiger partial charge in [-0.2, -0.15) is 0 Å². The van der Waals surface area contributed by atoms with Gasteiger partial charge in [0.25, 0.3) is 0 Å². The molecule has 8 heteroatoms. The van der Waals surface area contributed by atoms with Crippen LogP contribution in [0.2, 0.25) is 0 Å². The third-order valence-electron chi connectivity index (χ3n) is 4.62. The third-order valence-corrected chi connectivity index (χ3v) is 7.51. The van der Waals surface area contributed by atoms with Gasteiger partial charge in [-0.1, -0.05) is 12.8 Å². The number of hydrogen-bond donors (Lipinski definition) is 2. The van der Waals surface area contributed by atoms with Gasteiger partial charge in [0.1, 0.15) is 11.5 Å². The molecule has 0 bridgehead atoms. The molecule has 2 N–H and O–H groups in total. The lowest BCUT2D eigenvalue weighted by atomic mass is 9.91. The average molecular weight is 826 g/mol. The van der Waals surface area contributed by atoms with Gasteiger partial charge in [0.15, 0.2) is 0 Å². The van der Waals surface area contributed by atoms with E-state index in [9.17, 15) is 10.2 Å². The number of nitrogens with zero attached hydrogens (tertiary/aromatic N) is 2. The monoisotopic (exact) mass is 826 g/mol. The molecule has 0 unspecified atom stereocenters. The van der Waals surface area contributed by atoms with Crippen LogP contribution in [0.15, 0.2) is 34.3 Å². The standard InChI is InChI=1S/C20H18I4N2O2/c21-13-5-11(19(27)15(23)7-13)9-25-17-3-1-2-4-18(17)26-10-12-6-14(22)8-16(24)20(12)28/h5-10,17-18,27-28H,1-4H2/t17-,18-/m1/s1. The Morgan fingerprint density at radius 3 is 1.50 bits per heavy atom. The van der Waals surface area contributed by atoms with Crippen LogP contribution in [0.1, 0.15) is 36.8 Å². The van der Waals surface area contributed by atoms with E-state index < -0.39 is 0 Å². The quantitative estimate of drug-likeness (QED) is 0.279. The summed E-state index contributed by atoms with van der Waals surface area (Å²) in [5.74, 6) is 0.554. The first-order valence-electron chi connectivity index (χ1n) is 8.77. The summed E-state index contributed by atoms with van der Waals surface area (Å²) < 4.78 is 3.80. The molecule has 0 radical (unpaired) electrons. The van der Waals surface area contributed by atoms with Crippen molar-refractivity contribution in [3.8, 4) is 11.5 Å². The van der Waals surface area contributed by atoms with E-state index in [4.69, 9.17) is 9.98 Å². The molecule has 1 saturated carbocycles. The predicted octanol–water partition coefficient (Wildman–Crippen LogP) is 6.37. The Labute approximate surface area is 219 Å². The molecule has 0 aromatic heterocycles. The summed E-state index contributed by atoms with van der Waals surface area (Å²) in [6.07, 6.45) is 7.80. The molecule has 0 amide bonds. The van der Waals surface area contributed by atoms with Gasteiger partial charge in [-0.15, -0.1) is 0 Å². The Bertz CT molecular complexity index is 855. The van der Waals surface area contributed by atoms with Gasteiger partial charge in [0.05, 0.1) is 19.2 Å². The second-order valence-electron chi connectivity index (χ2n) is 6.63. The Balaban J connectivity index is 1.82. The molecule has 0 spiro atoms. The summed E-state index contributed by atoms with van der Waals surface area (Å²) >= 11 is 8.77. The second-order valence-corrected chi connectivity index (χ2v) is 11.4. The Morgan fingerprint density at radius 1 is 0.714 bits per heavy atom. The lowest BCUT2D eigenvalue weighted by Gasteiger charge is -2.25. The topological polar surface area (TPSA) is 65.2 Å². The third kappa shape index (κ3) is 5.93. The minimum Gasteiger partial charge on any atom is -0.506 e. The first-order valence-corrected chi connectivity index (χ1v) is 13.1. The number of aliphatic imine (C=N–C) groups is 2. The predicted molar refractivity (Wildman–Crippen MR) is 148 cm³/mol. The molecule has 0 heterocycles. The SMILES string of the molecule is Oc1c(I)cc(I)cc1C=N[C@@H]1CCCC[C@H]1N=Cc1cc(I)cc(I)c1O. The molecule has 0 aliphatic heterocycles. The smallest absolute Gasteiger partial charge is 0.137 e. The van der Waals surface area contributed by atoms with Crippen LogP contribution < -0.4 is 0 Å². The normalized spacial score (nSPS) is 20.3. The molecule has 4 nitrogen and oxygen atoms in total. The average Bonchev–Trinajstić information content (AvgIpc) is 2.65. The van der Waals surface area contributed by atoms with E-state index in [-0.39, 0.29) is 23.6 Å². The van der Waals surface area contributed by atoms with E-state index in [0.717, 1.165) is 51.1 Å². The maximum absolute atomic E-state index is 10.3. The van der Waals surface area contributed by atoms with E-state index in [1.807, 2.05) is 24.3 Å². The molecule has 1 aliphatic carbocycles. The summed E-state index contributed by atoms with van der Waals surface area (Å²) in [6.45, 7) is 0. The second kappa shape index (κ2) is 10.6. The molecule has 2 atom stereocenters. The maximum Gasteiger partial charge on any atom is 0.137 e. The molecule has 2 aromatic carbocycles. The number of halogens is 4. The number of benzene rings is 2. The summed E-state index contributed by atoms with van der Waals surface area (Å²) in [6, 6.07) is 7.93. The fourth-order valence-electron chi connectivity index (χ4n) is 3.16. The van der Waals surface area contributed by atoms with E-state index in [1.54, 1.807) is 12.4 Å². The Morgan fingerprint density at radius 2 is 1.11 bits per heavy atom. The van der Waals surface area contributed by atoms with Crippen LogP contribution in [0.3, 0.4) is 0 Å². The van der Waals surface area contributed by atoms with Crippen molar-refractivity contribution in [3.05, 3.63) is 49.7 Å². The molecular formula is C20H18I4N2O2. The Hall–Kier alpha value is 0.300. The van der Waals surface area contributed by atoms with Gasteiger partial charge in [-0.3, -0.25) is 9.98 Å². The molecular weight excluding hydrogens is 808 g/mol. The number of phenolic OH excluding ortho intramolecular Hbond substituents is 2. The molecule has 2 aromatic rings. The zero-order chi connectivity index (χ0) is 20.3. The van der Waals surface area contributed by atoms with Crippen LogP contribution in [-0.2, 0) is 0 Å². The van der Waals surface area contributed by atoms with Gasteiger partial charge in [0, 0.05) is 30.7 Å². The van der Waals surface area contributed by atoms with Crippen LogP contribution in [0.5, 0.6) is 11.5 Å². The summed E-state index contributed by atoms with van der Waals surface area (Å²) in [5, 5.41) is 20.6. The fraction of sp³-hybridized carbons (Fsp3) is 0.300. The summed E-state index contributed by atoms with van der Waals surface area (Å²) in [5.41, 5.74) is 1.49. The van der Waals surface area contributed by atoms with Gasteiger partial charge < -0.3 is 10.2 Å². The first-order chi connectivity index (χ1) is 13.3. The van der Waals surface area contributed by atoms with Crippen molar-refractivity contribution >= 4 is 103 Å². The minimum atomic E-state index is 0.0870. The molecule has 0 saturated heterocycles. The lowest BCUT2D eigenvalue weighted by Crippen LogP contribution is -2.27. The van der Waals surface area contributed by atoms with Crippen LogP contribution in [0.25, 0.3) is 0 Å². The zero-order valence-corrected chi connectivity index (χ0v) is 23.4. The highest BCUT2D eigenvalue weighted by Crippen LogP contribution is 2.29. The molecule has 1 aliphatic rings. The maximum atomic E-state index is 10.3. The highest BCUT2D eigenvalue weighted by molar-refractivity contribution is 14.1. The van der Waals surface area contributed by atoms with Crippen molar-refractivity contribution in [2.45, 2.75) is 37.8 Å². The van der Waals surface area contributed by atoms with Crippen molar-refractivity contribution in [2.24, 2.45) is 9.98 Å². The lowest BCUT2D eigenvalue weighted by molar-refractivity contribution is 0.390. The largest absolute Gasteiger partial charge is 0.506 e. The number of hydrogen-bond acceptors (Lipinski definition) is 4. The van der Waals surface area contributed by atoms with Crippen LogP contribution in [0, 0.1) is 14.3 Å². The zero-order valence-electron chi connectivity index (χ0n) is 14.7. The van der Waals surface area contributed by atoms with Gasteiger partial charge in [-0.05, 0) is 127 Å². The Kier molecular flexibility index (Phi) is 8.66. The van der Waals surface area contributed by atoms with E-state index >= 15 is 0 Å². The summed E-state index contributed by atoms with van der Waals surface area (Å²) in [4.78, 5) is 9.55. The number of aromatic hydroxyl groups is 2. The van der Waals surface area contributed by atoms with Crippen molar-refractivity contribution in [3.63, 3.8) is 0 Å². The van der Waals surface area contributed by atoms with E-state index in [2.05, 4.69) is 90.4 Å². The van der Waals surface area contributed by atoms with Gasteiger partial charge >= 0.3 is 0 Å². The van der Waals surface area contributed by atoms with Crippen LogP contribution in [-0.4, -0.2) is 34.7 Å². The van der Waals surface area contributed by atoms with E-state index in [0.29, 0.717) is 0 Å². The molecule has 3 rings (SSSR count). The van der Waals surface area contributed by atoms with E-state index in [1.165, 1.54) is 0 Å². The first kappa shape index (κ1) is 23.0. The highest BCUT2D eigenvalue weighted by Gasteiger charge is 2.23. The van der Waals surface area contributed by atoms with Crippen LogP contribution >= 0.6 is 90.4 Å². The fourth-order valence-corrected chi connectivity index (χ4v) is 6.94. The molecule has 1 fully saturated rings. The summed E-state index contributed by atoms with van der Waals surface area (Å²) in [7, 11) is 0. The van der Waals surface area contributed by atoms with Crippen molar-refractivity contribution in [2.75, 3.05) is 0 Å². The number of rotatable bonds is 4. The number of phenols is 2. The van der Waals surface area contributed by atoms with Crippen molar-refractivity contribution < 1.29 is 10.2 Å². The van der Waals surface area contributed by atoms with Gasteiger partial charge in [0.2, 0.25) is 0 Å². The van der Waals surface area contributed by atoms with Gasteiger partial charge in [-0.25, -0.2) is 0 Å². The molecule has 28 heavy (non-hydrogen) atoms. The highest BCUT2D eigenvalue weighted by atomic mass is 127. The van der Waals surface area contributed by atoms with Crippen LogP contribution in [0.4, 0.5) is 0 Å². The minimum absolute atomic E-state index is 0.0870. The van der Waals surface area contributed by atoms with Crippen molar-refractivity contribution in [1.29, 1.82) is 0 Å². The van der Waals surface area contributed by atoms with Crippen molar-refractivity contribution in [1.82, 2.24) is 0 Å².